The highest BCUT2D eigenvalue weighted by Gasteiger charge is 2.22. The first-order chi connectivity index (χ1) is 12.6. The number of aromatic nitrogens is 2. The summed E-state index contributed by atoms with van der Waals surface area (Å²) in [5, 5.41) is 0.632. The van der Waals surface area contributed by atoms with Crippen molar-refractivity contribution >= 4 is 17.9 Å². The predicted molar refractivity (Wildman–Crippen MR) is 101 cm³/mol. The van der Waals surface area contributed by atoms with Crippen LogP contribution >= 0.6 is 11.9 Å². The minimum absolute atomic E-state index is 0.315. The van der Waals surface area contributed by atoms with Crippen molar-refractivity contribution in [3.05, 3.63) is 41.1 Å². The van der Waals surface area contributed by atoms with Gasteiger partial charge in [0.1, 0.15) is 5.56 Å². The van der Waals surface area contributed by atoms with Crippen molar-refractivity contribution < 1.29 is 14.3 Å². The molecular formula is C19H23N3O3S. The van der Waals surface area contributed by atoms with E-state index in [0.29, 0.717) is 41.9 Å². The maximum Gasteiger partial charge on any atom is 0.342 e. The van der Waals surface area contributed by atoms with Gasteiger partial charge in [-0.25, -0.2) is 19.1 Å². The van der Waals surface area contributed by atoms with Gasteiger partial charge in [-0.2, -0.15) is 0 Å². The molecule has 0 atom stereocenters. The molecule has 2 heterocycles. The van der Waals surface area contributed by atoms with Gasteiger partial charge in [0.2, 0.25) is 5.16 Å². The van der Waals surface area contributed by atoms with Crippen LogP contribution in [-0.2, 0) is 9.47 Å². The van der Waals surface area contributed by atoms with E-state index in [-0.39, 0.29) is 5.97 Å². The highest BCUT2D eigenvalue weighted by atomic mass is 32.2. The van der Waals surface area contributed by atoms with Gasteiger partial charge in [0, 0.05) is 18.7 Å². The van der Waals surface area contributed by atoms with Crippen molar-refractivity contribution in [1.82, 2.24) is 14.3 Å². The molecule has 0 N–H and O–H groups in total. The zero-order valence-corrected chi connectivity index (χ0v) is 16.1. The molecule has 0 radical (unpaired) electrons. The second-order valence-corrected chi connectivity index (χ2v) is 7.10. The topological polar surface area (TPSA) is 64.5 Å². The fourth-order valence-corrected chi connectivity index (χ4v) is 3.58. The first kappa shape index (κ1) is 18.8. The monoisotopic (exact) mass is 373 g/mol. The molecule has 1 aliphatic rings. The van der Waals surface area contributed by atoms with E-state index in [2.05, 4.69) is 9.29 Å². The molecule has 3 rings (SSSR count). The zero-order valence-electron chi connectivity index (χ0n) is 15.3. The van der Waals surface area contributed by atoms with E-state index in [9.17, 15) is 4.79 Å². The average Bonchev–Trinajstić information content (AvgIpc) is 2.63. The molecule has 0 spiro atoms. The summed E-state index contributed by atoms with van der Waals surface area (Å²) in [6, 6.07) is 7.97. The van der Waals surface area contributed by atoms with Crippen molar-refractivity contribution in [1.29, 1.82) is 0 Å². The van der Waals surface area contributed by atoms with Crippen LogP contribution in [0, 0.1) is 13.8 Å². The molecule has 138 valence electrons. The third kappa shape index (κ3) is 4.41. The lowest BCUT2D eigenvalue weighted by Crippen LogP contribution is -2.31. The van der Waals surface area contributed by atoms with Gasteiger partial charge in [0.15, 0.2) is 0 Å². The Labute approximate surface area is 158 Å². The predicted octanol–water partition coefficient (Wildman–Crippen LogP) is 3.28. The summed E-state index contributed by atoms with van der Waals surface area (Å²) in [6.45, 7) is 9.03. The first-order valence-corrected chi connectivity index (χ1v) is 9.49. The number of hydrogen-bond donors (Lipinski definition) is 0. The summed E-state index contributed by atoms with van der Waals surface area (Å²) in [5.41, 5.74) is 3.71. The Morgan fingerprint density at radius 3 is 2.54 bits per heavy atom. The van der Waals surface area contributed by atoms with Crippen LogP contribution in [0.3, 0.4) is 0 Å². The minimum Gasteiger partial charge on any atom is -0.462 e. The summed E-state index contributed by atoms with van der Waals surface area (Å²) in [4.78, 5) is 21.7. The Balaban J connectivity index is 2.01. The number of esters is 1. The lowest BCUT2D eigenvalue weighted by molar-refractivity contribution is 0.0525. The van der Waals surface area contributed by atoms with Gasteiger partial charge in [0.05, 0.1) is 31.2 Å². The van der Waals surface area contributed by atoms with E-state index in [1.54, 1.807) is 6.92 Å². The Kier molecular flexibility index (Phi) is 6.24. The van der Waals surface area contributed by atoms with Gasteiger partial charge in [0.25, 0.3) is 0 Å². The number of carbonyl (C=O) groups excluding carboxylic acids is 1. The summed E-state index contributed by atoms with van der Waals surface area (Å²) in [5.74, 6) is -0.386. The Hall–Kier alpha value is -1.96. The molecule has 7 heteroatoms. The number of nitrogens with zero attached hydrogens (tertiary/aromatic N) is 3. The second kappa shape index (κ2) is 8.62. The normalized spacial score (nSPS) is 15.0. The fourth-order valence-electron chi connectivity index (χ4n) is 2.71. The fraction of sp³-hybridized carbons (Fsp3) is 0.421. The van der Waals surface area contributed by atoms with Crippen LogP contribution in [-0.4, -0.2) is 53.2 Å². The zero-order chi connectivity index (χ0) is 18.5. The van der Waals surface area contributed by atoms with Crippen LogP contribution in [0.5, 0.6) is 0 Å². The maximum atomic E-state index is 12.5. The molecule has 0 aliphatic carbocycles. The van der Waals surface area contributed by atoms with Gasteiger partial charge < -0.3 is 9.47 Å². The highest BCUT2D eigenvalue weighted by molar-refractivity contribution is 7.96. The number of ether oxygens (including phenoxy) is 2. The van der Waals surface area contributed by atoms with E-state index < -0.39 is 0 Å². The van der Waals surface area contributed by atoms with Gasteiger partial charge in [-0.3, -0.25) is 0 Å². The van der Waals surface area contributed by atoms with Crippen LogP contribution < -0.4 is 0 Å². The van der Waals surface area contributed by atoms with Crippen LogP contribution in [0.4, 0.5) is 0 Å². The molecule has 0 bridgehead atoms. The molecule has 0 amide bonds. The first-order valence-electron chi connectivity index (χ1n) is 8.72. The molecule has 1 saturated heterocycles. The van der Waals surface area contributed by atoms with Crippen molar-refractivity contribution in [3.63, 3.8) is 0 Å². The maximum absolute atomic E-state index is 12.5. The summed E-state index contributed by atoms with van der Waals surface area (Å²) in [7, 11) is 0. The number of carbonyl (C=O) groups is 1. The van der Waals surface area contributed by atoms with Gasteiger partial charge in [-0.05, 0) is 32.7 Å². The molecule has 1 aliphatic heterocycles. The number of aryl methyl sites for hydroxylation is 2. The van der Waals surface area contributed by atoms with E-state index in [4.69, 9.17) is 14.5 Å². The van der Waals surface area contributed by atoms with Gasteiger partial charge in [-0.1, -0.05) is 29.8 Å². The van der Waals surface area contributed by atoms with E-state index in [1.807, 2.05) is 38.1 Å². The van der Waals surface area contributed by atoms with Crippen LogP contribution in [0.15, 0.2) is 29.4 Å². The number of benzene rings is 1. The number of morpholine rings is 1. The van der Waals surface area contributed by atoms with Crippen LogP contribution in [0.2, 0.25) is 0 Å². The number of rotatable bonds is 5. The third-order valence-electron chi connectivity index (χ3n) is 4.05. The second-order valence-electron chi connectivity index (χ2n) is 6.03. The Morgan fingerprint density at radius 1 is 1.19 bits per heavy atom. The molecule has 26 heavy (non-hydrogen) atoms. The van der Waals surface area contributed by atoms with Gasteiger partial charge >= 0.3 is 5.97 Å². The molecule has 1 fully saturated rings. The average molecular weight is 373 g/mol. The standard InChI is InChI=1S/C19H23N3O3S/c1-4-25-18(23)16-14(3)20-19(26-22-9-11-24-12-10-22)21-17(16)15-7-5-13(2)6-8-15/h5-8H,4,9-12H2,1-3H3. The smallest absolute Gasteiger partial charge is 0.342 e. The SMILES string of the molecule is CCOC(=O)c1c(C)nc(SN2CCOCC2)nc1-c1ccc(C)cc1. The Morgan fingerprint density at radius 2 is 1.88 bits per heavy atom. The molecule has 2 aromatic rings. The quantitative estimate of drug-likeness (QED) is 0.453. The highest BCUT2D eigenvalue weighted by Crippen LogP contribution is 2.29. The van der Waals surface area contributed by atoms with Crippen molar-refractivity contribution in [2.75, 3.05) is 32.9 Å². The molecule has 0 unspecified atom stereocenters. The van der Waals surface area contributed by atoms with Crippen molar-refractivity contribution in [2.24, 2.45) is 0 Å². The summed E-state index contributed by atoms with van der Waals surface area (Å²) < 4.78 is 12.8. The molecule has 6 nitrogen and oxygen atoms in total. The van der Waals surface area contributed by atoms with Crippen LogP contribution in [0.1, 0.15) is 28.5 Å². The summed E-state index contributed by atoms with van der Waals surface area (Å²) >= 11 is 1.50. The molecular weight excluding hydrogens is 350 g/mol. The van der Waals surface area contributed by atoms with E-state index in [1.165, 1.54) is 11.9 Å². The summed E-state index contributed by atoms with van der Waals surface area (Å²) in [6.07, 6.45) is 0. The molecule has 0 saturated carbocycles. The number of hydrogen-bond acceptors (Lipinski definition) is 7. The van der Waals surface area contributed by atoms with E-state index in [0.717, 1.165) is 24.2 Å². The molecule has 1 aromatic carbocycles. The lowest BCUT2D eigenvalue weighted by Gasteiger charge is -2.24. The van der Waals surface area contributed by atoms with E-state index >= 15 is 0 Å². The van der Waals surface area contributed by atoms with Crippen molar-refractivity contribution in [3.8, 4) is 11.3 Å². The minimum atomic E-state index is -0.386. The van der Waals surface area contributed by atoms with Crippen LogP contribution in [0.25, 0.3) is 11.3 Å². The van der Waals surface area contributed by atoms with Gasteiger partial charge in [-0.15, -0.1) is 0 Å². The van der Waals surface area contributed by atoms with Crippen molar-refractivity contribution in [2.45, 2.75) is 25.9 Å². The lowest BCUT2D eigenvalue weighted by atomic mass is 10.0. The molecule has 1 aromatic heterocycles. The largest absolute Gasteiger partial charge is 0.462 e. The third-order valence-corrected chi connectivity index (χ3v) is 5.02. The Bertz CT molecular complexity index is 774.